The van der Waals surface area contributed by atoms with Gasteiger partial charge in [-0.05, 0) is 69.5 Å². The second kappa shape index (κ2) is 26.5. The third kappa shape index (κ3) is 17.1. The van der Waals surface area contributed by atoms with Crippen LogP contribution in [-0.2, 0) is 60.6 Å². The molecule has 0 spiro atoms. The van der Waals surface area contributed by atoms with E-state index in [4.69, 9.17) is 20.6 Å². The molecular weight excluding hydrogens is 833 g/mol. The van der Waals surface area contributed by atoms with Crippen molar-refractivity contribution in [1.29, 1.82) is 0 Å². The van der Waals surface area contributed by atoms with E-state index in [2.05, 4.69) is 21.9 Å². The molecular formula is C49H68N6O10. The zero-order valence-corrected chi connectivity index (χ0v) is 38.6. The van der Waals surface area contributed by atoms with Crippen molar-refractivity contribution in [3.05, 3.63) is 71.8 Å². The standard InChI is InChI=1S/C49H68N6O10/c1-7-23-50-43(57)21-22-45(59)64-34-55(48(62)40(20-19-37-15-11-9-12-16-37)51-44(58)31-53-24-26-63-27-25-53)39(32-56)29-36(5)54(8-2)42(30-38-17-13-10-14-18-38)47(61)52-41(28-35(3)4)46(60)49(6)33-65-49/h1,9-18,32,35-36,39-42H,8,19-31,33-34H2,2-6H3,(H,50,57)(H,51,58)(H,52,61). The van der Waals surface area contributed by atoms with Crippen molar-refractivity contribution in [2.45, 2.75) is 115 Å². The van der Waals surface area contributed by atoms with Gasteiger partial charge in [-0.25, -0.2) is 0 Å². The second-order valence-corrected chi connectivity index (χ2v) is 17.4. The molecule has 2 aliphatic heterocycles. The Kier molecular flexibility index (Phi) is 21.2. The molecule has 2 heterocycles. The van der Waals surface area contributed by atoms with Gasteiger partial charge in [-0.1, -0.05) is 87.4 Å². The summed E-state index contributed by atoms with van der Waals surface area (Å²) in [7, 11) is 0. The van der Waals surface area contributed by atoms with Crippen molar-refractivity contribution < 1.29 is 47.8 Å². The lowest BCUT2D eigenvalue weighted by molar-refractivity contribution is -0.159. The van der Waals surface area contributed by atoms with Crippen LogP contribution in [-0.4, -0.2) is 151 Å². The average molecular weight is 901 g/mol. The second-order valence-electron chi connectivity index (χ2n) is 17.4. The number of morpholine rings is 1. The fourth-order valence-electron chi connectivity index (χ4n) is 7.97. The predicted octanol–water partition coefficient (Wildman–Crippen LogP) is 2.46. The van der Waals surface area contributed by atoms with E-state index in [0.29, 0.717) is 52.0 Å². The number of ketones is 1. The molecule has 2 aromatic rings. The number of aryl methyl sites for hydroxylation is 1. The van der Waals surface area contributed by atoms with Crippen LogP contribution in [0.4, 0.5) is 0 Å². The summed E-state index contributed by atoms with van der Waals surface area (Å²) < 4.78 is 16.5. The first kappa shape index (κ1) is 52.2. The molecule has 16 nitrogen and oxygen atoms in total. The Morgan fingerprint density at radius 2 is 1.55 bits per heavy atom. The van der Waals surface area contributed by atoms with Crippen LogP contribution in [0.2, 0.25) is 0 Å². The highest BCUT2D eigenvalue weighted by Crippen LogP contribution is 2.30. The number of nitrogens with one attached hydrogen (secondary N) is 3. The van der Waals surface area contributed by atoms with E-state index in [-0.39, 0.29) is 69.4 Å². The van der Waals surface area contributed by atoms with Crippen LogP contribution in [0.25, 0.3) is 0 Å². The molecule has 16 heteroatoms. The number of nitrogens with zero attached hydrogens (tertiary/aromatic N) is 3. The first-order valence-corrected chi connectivity index (χ1v) is 22.7. The molecule has 0 aromatic heterocycles. The van der Waals surface area contributed by atoms with Crippen LogP contribution in [0.3, 0.4) is 0 Å². The molecule has 2 saturated heterocycles. The summed E-state index contributed by atoms with van der Waals surface area (Å²) in [5.41, 5.74) is 0.845. The van der Waals surface area contributed by atoms with Gasteiger partial charge in [-0.2, -0.15) is 0 Å². The van der Waals surface area contributed by atoms with Crippen molar-refractivity contribution in [2.24, 2.45) is 5.92 Å². The number of likely N-dealkylation sites (N-methyl/N-ethyl adjacent to an activating group) is 1. The molecule has 3 N–H and O–H groups in total. The number of epoxide rings is 1. The van der Waals surface area contributed by atoms with E-state index in [1.54, 1.807) is 6.92 Å². The van der Waals surface area contributed by atoms with Gasteiger partial charge in [0.25, 0.3) is 0 Å². The van der Waals surface area contributed by atoms with E-state index in [1.807, 2.05) is 98.2 Å². The number of terminal acetylenes is 1. The lowest BCUT2D eigenvalue weighted by Gasteiger charge is -2.39. The van der Waals surface area contributed by atoms with E-state index in [0.717, 1.165) is 16.0 Å². The lowest BCUT2D eigenvalue weighted by Crippen LogP contribution is -2.58. The van der Waals surface area contributed by atoms with Crippen LogP contribution < -0.4 is 16.0 Å². The molecule has 0 aliphatic carbocycles. The van der Waals surface area contributed by atoms with E-state index >= 15 is 0 Å². The SMILES string of the molecule is C#CCNC(=O)CCC(=O)OCN(C(=O)C(CCc1ccccc1)NC(=O)CN1CCOCC1)C(C=O)CC(C)N(CC)C(Cc1ccccc1)C(=O)NC(CC(C)C)C(=O)C1(C)CO1. The maximum atomic E-state index is 14.9. The third-order valence-electron chi connectivity index (χ3n) is 11.7. The Morgan fingerprint density at radius 1 is 0.908 bits per heavy atom. The quantitative estimate of drug-likeness (QED) is 0.0372. The number of carbonyl (C=O) groups is 7. The van der Waals surface area contributed by atoms with E-state index < -0.39 is 66.2 Å². The third-order valence-corrected chi connectivity index (χ3v) is 11.7. The van der Waals surface area contributed by atoms with Gasteiger partial charge in [0.05, 0.1) is 57.5 Å². The monoisotopic (exact) mass is 900 g/mol. The first-order valence-electron chi connectivity index (χ1n) is 22.7. The number of Topliss-reactive ketones (excluding diaryl/α,β-unsaturated/α-hetero) is 1. The largest absolute Gasteiger partial charge is 0.444 e. The van der Waals surface area contributed by atoms with Gasteiger partial charge >= 0.3 is 5.97 Å². The van der Waals surface area contributed by atoms with Gasteiger partial charge in [0.15, 0.2) is 12.5 Å². The fourth-order valence-corrected chi connectivity index (χ4v) is 7.97. The van der Waals surface area contributed by atoms with Gasteiger partial charge in [0.1, 0.15) is 17.9 Å². The Hall–Kier alpha value is -5.47. The zero-order valence-electron chi connectivity index (χ0n) is 38.6. The minimum Gasteiger partial charge on any atom is -0.444 e. The highest BCUT2D eigenvalue weighted by Gasteiger charge is 2.50. The van der Waals surface area contributed by atoms with Crippen LogP contribution in [0.5, 0.6) is 0 Å². The average Bonchev–Trinajstić information content (AvgIpc) is 4.06. The Bertz CT molecular complexity index is 1910. The summed E-state index contributed by atoms with van der Waals surface area (Å²) in [5, 5.41) is 8.45. The maximum Gasteiger partial charge on any atom is 0.308 e. The Labute approximate surface area is 383 Å². The molecule has 4 rings (SSSR count). The molecule has 354 valence electrons. The van der Waals surface area contributed by atoms with Crippen molar-refractivity contribution in [1.82, 2.24) is 30.7 Å². The van der Waals surface area contributed by atoms with Crippen molar-refractivity contribution in [3.63, 3.8) is 0 Å². The number of hydrogen-bond acceptors (Lipinski definition) is 12. The number of esters is 1. The Balaban J connectivity index is 1.64. The molecule has 4 amide bonds. The minimum atomic E-state index is -1.20. The molecule has 0 bridgehead atoms. The summed E-state index contributed by atoms with van der Waals surface area (Å²) in [6.07, 6.45) is 6.56. The molecule has 65 heavy (non-hydrogen) atoms. The normalized spacial score (nSPS) is 18.2. The molecule has 6 atom stereocenters. The van der Waals surface area contributed by atoms with Crippen LogP contribution in [0.1, 0.15) is 77.8 Å². The first-order chi connectivity index (χ1) is 31.2. The van der Waals surface area contributed by atoms with E-state index in [9.17, 15) is 33.6 Å². The fraction of sp³-hybridized carbons (Fsp3) is 0.571. The van der Waals surface area contributed by atoms with Gasteiger partial charge in [-0.3, -0.25) is 43.5 Å². The van der Waals surface area contributed by atoms with Gasteiger partial charge in [0.2, 0.25) is 23.6 Å². The predicted molar refractivity (Wildman–Crippen MR) is 244 cm³/mol. The number of aldehydes is 1. The van der Waals surface area contributed by atoms with Crippen LogP contribution in [0, 0.1) is 18.3 Å². The van der Waals surface area contributed by atoms with Gasteiger partial charge in [-0.15, -0.1) is 6.42 Å². The molecule has 2 aliphatic rings. The highest BCUT2D eigenvalue weighted by molar-refractivity contribution is 5.97. The number of benzene rings is 2. The molecule has 6 unspecified atom stereocenters. The van der Waals surface area contributed by atoms with Crippen LogP contribution in [0.15, 0.2) is 60.7 Å². The molecule has 2 aromatic carbocycles. The number of rotatable bonds is 28. The van der Waals surface area contributed by atoms with Gasteiger partial charge in [0, 0.05) is 25.6 Å². The maximum absolute atomic E-state index is 14.9. The Morgan fingerprint density at radius 3 is 2.14 bits per heavy atom. The highest BCUT2D eigenvalue weighted by atomic mass is 16.6. The molecule has 0 radical (unpaired) electrons. The number of amides is 4. The zero-order chi connectivity index (χ0) is 47.4. The summed E-state index contributed by atoms with van der Waals surface area (Å²) in [6.45, 7) is 11.5. The minimum absolute atomic E-state index is 0.00108. The summed E-state index contributed by atoms with van der Waals surface area (Å²) in [6, 6.07) is 14.5. The molecule has 2 fully saturated rings. The van der Waals surface area contributed by atoms with Crippen molar-refractivity contribution >= 4 is 41.7 Å². The number of ether oxygens (including phenoxy) is 3. The smallest absolute Gasteiger partial charge is 0.308 e. The lowest BCUT2D eigenvalue weighted by atomic mass is 9.92. The number of hydrogen-bond donors (Lipinski definition) is 3. The molecule has 0 saturated carbocycles. The van der Waals surface area contributed by atoms with Gasteiger partial charge < -0.3 is 35.0 Å². The topological polar surface area (TPSA) is 196 Å². The summed E-state index contributed by atoms with van der Waals surface area (Å²) in [4.78, 5) is 100. The number of carbonyl (C=O) groups excluding carboxylic acids is 7. The summed E-state index contributed by atoms with van der Waals surface area (Å²) in [5.74, 6) is -0.459. The van der Waals surface area contributed by atoms with Crippen molar-refractivity contribution in [3.8, 4) is 12.3 Å². The van der Waals surface area contributed by atoms with E-state index in [1.165, 1.54) is 0 Å². The van der Waals surface area contributed by atoms with Crippen molar-refractivity contribution in [2.75, 3.05) is 59.3 Å². The van der Waals surface area contributed by atoms with Crippen LogP contribution >= 0.6 is 0 Å². The summed E-state index contributed by atoms with van der Waals surface area (Å²) >= 11 is 0.